The Hall–Kier alpha value is -1.54. The molecule has 0 radical (unpaired) electrons. The average Bonchev–Trinajstić information content (AvgIpc) is 3.19. The molecule has 21 heavy (non-hydrogen) atoms. The number of carbonyl (C=O) groups excluding carboxylic acids is 1. The van der Waals surface area contributed by atoms with Crippen LogP contribution in [-0.2, 0) is 4.79 Å². The summed E-state index contributed by atoms with van der Waals surface area (Å²) >= 11 is 4.56. The summed E-state index contributed by atoms with van der Waals surface area (Å²) in [6.07, 6.45) is 2.29. The number of rotatable bonds is 5. The molecule has 110 valence electrons. The van der Waals surface area contributed by atoms with Gasteiger partial charge in [-0.2, -0.15) is 0 Å². The van der Waals surface area contributed by atoms with Crippen molar-refractivity contribution < 1.29 is 13.9 Å². The van der Waals surface area contributed by atoms with Gasteiger partial charge >= 0.3 is 0 Å². The lowest BCUT2D eigenvalue weighted by Crippen LogP contribution is -2.20. The van der Waals surface area contributed by atoms with Crippen molar-refractivity contribution in [2.24, 2.45) is 0 Å². The summed E-state index contributed by atoms with van der Waals surface area (Å²) in [5.41, 5.74) is 0. The Morgan fingerprint density at radius 2 is 2.29 bits per heavy atom. The molecule has 0 bridgehead atoms. The van der Waals surface area contributed by atoms with Crippen molar-refractivity contribution >= 4 is 38.3 Å². The second-order valence-electron chi connectivity index (χ2n) is 4.63. The van der Waals surface area contributed by atoms with E-state index in [-0.39, 0.29) is 18.3 Å². The molecule has 2 aromatic rings. The van der Waals surface area contributed by atoms with Crippen LogP contribution in [0.1, 0.15) is 23.8 Å². The van der Waals surface area contributed by atoms with E-state index in [9.17, 15) is 9.18 Å². The van der Waals surface area contributed by atoms with E-state index in [1.165, 1.54) is 29.5 Å². The van der Waals surface area contributed by atoms with Gasteiger partial charge in [0.15, 0.2) is 6.61 Å². The van der Waals surface area contributed by atoms with Gasteiger partial charge in [0.25, 0.3) is 5.91 Å². The molecule has 8 heteroatoms. The standard InChI is InChI=1S/C13H11BrFN3O2S/c14-9-5-8(15)3-4-10(9)20-6-11(19)16-13-18-17-12(21-13)7-1-2-7/h3-5,7H,1-2,6H2,(H,16,18,19). The molecule has 1 aromatic heterocycles. The molecule has 0 unspecified atom stereocenters. The van der Waals surface area contributed by atoms with E-state index in [0.29, 0.717) is 21.3 Å². The van der Waals surface area contributed by atoms with Gasteiger partial charge in [0.1, 0.15) is 16.6 Å². The molecular formula is C13H11BrFN3O2S. The zero-order chi connectivity index (χ0) is 14.8. The van der Waals surface area contributed by atoms with Crippen molar-refractivity contribution in [2.45, 2.75) is 18.8 Å². The zero-order valence-electron chi connectivity index (χ0n) is 10.8. The van der Waals surface area contributed by atoms with Gasteiger partial charge in [0, 0.05) is 5.92 Å². The summed E-state index contributed by atoms with van der Waals surface area (Å²) in [5.74, 6) is 0.215. The zero-order valence-corrected chi connectivity index (χ0v) is 13.2. The molecular weight excluding hydrogens is 361 g/mol. The number of ether oxygens (including phenoxy) is 1. The molecule has 1 saturated carbocycles. The highest BCUT2D eigenvalue weighted by Crippen LogP contribution is 2.42. The normalized spacial score (nSPS) is 14.0. The van der Waals surface area contributed by atoms with E-state index in [2.05, 4.69) is 31.4 Å². The lowest BCUT2D eigenvalue weighted by Gasteiger charge is -2.07. The Kier molecular flexibility index (Phi) is 4.16. The molecule has 0 spiro atoms. The Balaban J connectivity index is 1.53. The molecule has 0 atom stereocenters. The number of amides is 1. The van der Waals surface area contributed by atoms with E-state index in [0.717, 1.165) is 17.8 Å². The van der Waals surface area contributed by atoms with E-state index < -0.39 is 0 Å². The van der Waals surface area contributed by atoms with Crippen LogP contribution in [0.25, 0.3) is 0 Å². The van der Waals surface area contributed by atoms with Crippen LogP contribution in [-0.4, -0.2) is 22.7 Å². The van der Waals surface area contributed by atoms with Gasteiger partial charge in [-0.05, 0) is 47.0 Å². The summed E-state index contributed by atoms with van der Waals surface area (Å²) in [7, 11) is 0. The first-order chi connectivity index (χ1) is 10.1. The predicted octanol–water partition coefficient (Wildman–Crippen LogP) is 3.33. The molecule has 1 heterocycles. The second-order valence-corrected chi connectivity index (χ2v) is 6.49. The van der Waals surface area contributed by atoms with Crippen LogP contribution in [0.5, 0.6) is 5.75 Å². The third kappa shape index (κ3) is 3.76. The van der Waals surface area contributed by atoms with Crippen molar-refractivity contribution in [1.29, 1.82) is 0 Å². The molecule has 1 aromatic carbocycles. The quantitative estimate of drug-likeness (QED) is 0.875. The molecule has 0 aliphatic heterocycles. The van der Waals surface area contributed by atoms with E-state index in [1.54, 1.807) is 0 Å². The van der Waals surface area contributed by atoms with Gasteiger partial charge in [-0.1, -0.05) is 11.3 Å². The van der Waals surface area contributed by atoms with Crippen molar-refractivity contribution in [3.05, 3.63) is 33.5 Å². The topological polar surface area (TPSA) is 64.1 Å². The monoisotopic (exact) mass is 371 g/mol. The van der Waals surface area contributed by atoms with Crippen LogP contribution in [0.2, 0.25) is 0 Å². The number of hydrogen-bond donors (Lipinski definition) is 1. The van der Waals surface area contributed by atoms with E-state index in [1.807, 2.05) is 0 Å². The predicted molar refractivity (Wildman–Crippen MR) is 80.1 cm³/mol. The highest BCUT2D eigenvalue weighted by molar-refractivity contribution is 9.10. The van der Waals surface area contributed by atoms with Crippen LogP contribution in [0.15, 0.2) is 22.7 Å². The van der Waals surface area contributed by atoms with Crippen LogP contribution < -0.4 is 10.1 Å². The number of benzene rings is 1. The minimum atomic E-state index is -0.375. The van der Waals surface area contributed by atoms with Crippen LogP contribution >= 0.6 is 27.3 Å². The molecule has 3 rings (SSSR count). The molecule has 5 nitrogen and oxygen atoms in total. The highest BCUT2D eigenvalue weighted by Gasteiger charge is 2.27. The van der Waals surface area contributed by atoms with Crippen molar-refractivity contribution in [3.8, 4) is 5.75 Å². The van der Waals surface area contributed by atoms with Crippen molar-refractivity contribution in [2.75, 3.05) is 11.9 Å². The Labute approximate surface area is 132 Å². The first kappa shape index (κ1) is 14.4. The van der Waals surface area contributed by atoms with Gasteiger partial charge in [-0.15, -0.1) is 10.2 Å². The molecule has 1 N–H and O–H groups in total. The second kappa shape index (κ2) is 6.07. The van der Waals surface area contributed by atoms with Gasteiger partial charge in [-0.3, -0.25) is 10.1 Å². The maximum Gasteiger partial charge on any atom is 0.264 e. The fourth-order valence-electron chi connectivity index (χ4n) is 1.67. The summed E-state index contributed by atoms with van der Waals surface area (Å²) in [4.78, 5) is 11.8. The summed E-state index contributed by atoms with van der Waals surface area (Å²) in [6.45, 7) is -0.178. The Morgan fingerprint density at radius 3 is 3.00 bits per heavy atom. The first-order valence-electron chi connectivity index (χ1n) is 6.33. The molecule has 1 aliphatic rings. The Morgan fingerprint density at radius 1 is 1.48 bits per heavy atom. The number of nitrogens with zero attached hydrogens (tertiary/aromatic N) is 2. The third-order valence-corrected chi connectivity index (χ3v) is 4.49. The minimum Gasteiger partial charge on any atom is -0.483 e. The smallest absolute Gasteiger partial charge is 0.264 e. The van der Waals surface area contributed by atoms with Crippen molar-refractivity contribution in [3.63, 3.8) is 0 Å². The first-order valence-corrected chi connectivity index (χ1v) is 7.94. The summed E-state index contributed by atoms with van der Waals surface area (Å²) in [6, 6.07) is 4.01. The maximum atomic E-state index is 12.9. The largest absolute Gasteiger partial charge is 0.483 e. The van der Waals surface area contributed by atoms with E-state index in [4.69, 9.17) is 4.74 Å². The number of aromatic nitrogens is 2. The maximum absolute atomic E-state index is 12.9. The molecule has 0 saturated heterocycles. The molecule has 1 aliphatic carbocycles. The third-order valence-electron chi connectivity index (χ3n) is 2.87. The lowest BCUT2D eigenvalue weighted by atomic mass is 10.3. The Bertz CT molecular complexity index is 675. The fraction of sp³-hybridized carbons (Fsp3) is 0.308. The number of hydrogen-bond acceptors (Lipinski definition) is 5. The van der Waals surface area contributed by atoms with Crippen LogP contribution in [0.4, 0.5) is 9.52 Å². The van der Waals surface area contributed by atoms with Gasteiger partial charge in [-0.25, -0.2) is 4.39 Å². The number of nitrogens with one attached hydrogen (secondary N) is 1. The van der Waals surface area contributed by atoms with Gasteiger partial charge in [0.05, 0.1) is 4.47 Å². The van der Waals surface area contributed by atoms with Gasteiger partial charge in [0.2, 0.25) is 5.13 Å². The summed E-state index contributed by atoms with van der Waals surface area (Å²) in [5, 5.41) is 12.0. The van der Waals surface area contributed by atoms with Gasteiger partial charge < -0.3 is 4.74 Å². The van der Waals surface area contributed by atoms with Crippen molar-refractivity contribution in [1.82, 2.24) is 10.2 Å². The number of carbonyl (C=O) groups is 1. The fourth-order valence-corrected chi connectivity index (χ4v) is 3.07. The number of halogens is 2. The van der Waals surface area contributed by atoms with Crippen LogP contribution in [0, 0.1) is 5.82 Å². The molecule has 1 amide bonds. The highest BCUT2D eigenvalue weighted by atomic mass is 79.9. The summed E-state index contributed by atoms with van der Waals surface area (Å²) < 4.78 is 18.7. The van der Waals surface area contributed by atoms with E-state index >= 15 is 0 Å². The average molecular weight is 372 g/mol. The van der Waals surface area contributed by atoms with Crippen LogP contribution in [0.3, 0.4) is 0 Å². The minimum absolute atomic E-state index is 0.178. The SMILES string of the molecule is O=C(COc1ccc(F)cc1Br)Nc1nnc(C2CC2)s1. The lowest BCUT2D eigenvalue weighted by molar-refractivity contribution is -0.118. The molecule has 1 fully saturated rings. The number of anilines is 1.